The lowest BCUT2D eigenvalue weighted by Crippen LogP contribution is -2.57. The molecule has 0 fully saturated rings. The summed E-state index contributed by atoms with van der Waals surface area (Å²) in [4.78, 5) is 20.1. The van der Waals surface area contributed by atoms with E-state index in [4.69, 9.17) is 10.7 Å². The van der Waals surface area contributed by atoms with E-state index in [-0.39, 0.29) is 5.88 Å². The number of nitrogens with one attached hydrogen (secondary N) is 1. The van der Waals surface area contributed by atoms with E-state index in [2.05, 4.69) is 4.98 Å². The number of anilines is 1. The molecule has 4 N–H and O–H groups in total. The highest BCUT2D eigenvalue weighted by atomic mass is 32.2. The second kappa shape index (κ2) is 9.74. The summed E-state index contributed by atoms with van der Waals surface area (Å²) in [6.07, 6.45) is 0. The zero-order valence-corrected chi connectivity index (χ0v) is 22.0. The first-order chi connectivity index (χ1) is 17.4. The van der Waals surface area contributed by atoms with Crippen molar-refractivity contribution in [2.24, 2.45) is 10.7 Å². The molecule has 1 heterocycles. The number of carbonyl (C=O) groups excluding carboxylic acids is 1. The largest absolute Gasteiger partial charge is 0.494 e. The number of para-hydroxylation sites is 1. The van der Waals surface area contributed by atoms with Crippen molar-refractivity contribution in [2.45, 2.75) is 38.5 Å². The first-order valence-electron chi connectivity index (χ1n) is 11.8. The number of primary amides is 1. The van der Waals surface area contributed by atoms with Crippen LogP contribution in [0.2, 0.25) is 0 Å². The van der Waals surface area contributed by atoms with Gasteiger partial charge in [0.1, 0.15) is 5.54 Å². The molecule has 4 aromatic rings. The lowest BCUT2D eigenvalue weighted by Gasteiger charge is -2.38. The maximum Gasteiger partial charge on any atom is 0.243 e. The van der Waals surface area contributed by atoms with Crippen molar-refractivity contribution in [1.29, 1.82) is 0 Å². The number of fused-ring (bicyclic) bond motifs is 1. The van der Waals surface area contributed by atoms with Gasteiger partial charge in [-0.2, -0.15) is 0 Å². The maximum atomic E-state index is 13.2. The summed E-state index contributed by atoms with van der Waals surface area (Å²) in [5.41, 5.74) is 7.61. The van der Waals surface area contributed by atoms with Gasteiger partial charge in [-0.3, -0.25) is 9.10 Å². The molecule has 1 amide bonds. The molecule has 0 spiro atoms. The van der Waals surface area contributed by atoms with Crippen LogP contribution < -0.4 is 10.0 Å². The van der Waals surface area contributed by atoms with E-state index in [1.165, 1.54) is 13.8 Å². The number of hydrogen-bond acceptors (Lipinski definition) is 5. The monoisotopic (exact) mass is 518 g/mol. The van der Waals surface area contributed by atoms with E-state index < -0.39 is 26.7 Å². The molecule has 0 aliphatic heterocycles. The molecule has 0 aliphatic carbocycles. The Morgan fingerprint density at radius 3 is 2.16 bits per heavy atom. The summed E-state index contributed by atoms with van der Waals surface area (Å²) in [6.45, 7) is 6.07. The van der Waals surface area contributed by atoms with Crippen LogP contribution in [0.4, 0.5) is 11.4 Å². The Balaban J connectivity index is 1.86. The number of aliphatic imine (C=N–C) groups is 1. The topological polar surface area (TPSA) is 129 Å². The zero-order chi connectivity index (χ0) is 27.0. The third-order valence-electron chi connectivity index (χ3n) is 6.26. The van der Waals surface area contributed by atoms with Crippen molar-refractivity contribution in [2.75, 3.05) is 4.31 Å². The van der Waals surface area contributed by atoms with Crippen molar-refractivity contribution in [3.05, 3.63) is 90.0 Å². The van der Waals surface area contributed by atoms with Crippen LogP contribution in [-0.4, -0.2) is 40.9 Å². The van der Waals surface area contributed by atoms with E-state index in [1.807, 2.05) is 54.6 Å². The van der Waals surface area contributed by atoms with Crippen LogP contribution in [0.15, 0.2) is 83.9 Å². The highest BCUT2D eigenvalue weighted by molar-refractivity contribution is 7.93. The highest BCUT2D eigenvalue weighted by Gasteiger charge is 2.42. The Morgan fingerprint density at radius 1 is 0.973 bits per heavy atom. The van der Waals surface area contributed by atoms with E-state index in [9.17, 15) is 18.3 Å². The van der Waals surface area contributed by atoms with Gasteiger partial charge in [-0.1, -0.05) is 48.5 Å². The van der Waals surface area contributed by atoms with Crippen LogP contribution in [0.1, 0.15) is 38.8 Å². The minimum absolute atomic E-state index is 0.00201. The third-order valence-corrected chi connectivity index (χ3v) is 8.62. The van der Waals surface area contributed by atoms with Crippen molar-refractivity contribution in [3.8, 4) is 5.88 Å². The lowest BCUT2D eigenvalue weighted by atomic mass is 10.0. The molecule has 0 saturated heterocycles. The van der Waals surface area contributed by atoms with Gasteiger partial charge in [-0.05, 0) is 58.0 Å². The first kappa shape index (κ1) is 26.0. The standard InChI is InChI=1S/C28H30N4O4S/c1-18(2)37(35,36)32(28(3,4)27(29)34)21-16-14-20(15-17-21)30-25(19-10-6-5-7-11-19)24-22-12-8-9-13-23(22)31-26(24)33/h5-18,31,33H,1-4H3,(H2,29,34). The predicted molar refractivity (Wildman–Crippen MR) is 148 cm³/mol. The van der Waals surface area contributed by atoms with E-state index in [0.29, 0.717) is 22.6 Å². The summed E-state index contributed by atoms with van der Waals surface area (Å²) in [7, 11) is -3.88. The molecule has 3 aromatic carbocycles. The van der Waals surface area contributed by atoms with Gasteiger partial charge in [0.2, 0.25) is 15.9 Å². The molecule has 37 heavy (non-hydrogen) atoms. The average Bonchev–Trinajstić information content (AvgIpc) is 3.19. The summed E-state index contributed by atoms with van der Waals surface area (Å²) in [6, 6.07) is 23.6. The van der Waals surface area contributed by atoms with Crippen molar-refractivity contribution in [1.82, 2.24) is 4.98 Å². The van der Waals surface area contributed by atoms with Crippen molar-refractivity contribution in [3.63, 3.8) is 0 Å². The molecular weight excluding hydrogens is 488 g/mol. The molecule has 192 valence electrons. The number of aromatic amines is 1. The molecule has 4 rings (SSSR count). The van der Waals surface area contributed by atoms with Gasteiger partial charge in [0, 0.05) is 16.5 Å². The fraction of sp³-hybridized carbons (Fsp3) is 0.214. The van der Waals surface area contributed by atoms with Crippen LogP contribution >= 0.6 is 0 Å². The Kier molecular flexibility index (Phi) is 6.84. The highest BCUT2D eigenvalue weighted by Crippen LogP contribution is 2.34. The van der Waals surface area contributed by atoms with E-state index in [0.717, 1.165) is 20.8 Å². The number of rotatable bonds is 8. The van der Waals surface area contributed by atoms with Crippen LogP contribution in [-0.2, 0) is 14.8 Å². The van der Waals surface area contributed by atoms with Gasteiger partial charge in [-0.25, -0.2) is 13.4 Å². The number of amides is 1. The quantitative estimate of drug-likeness (QED) is 0.288. The average molecular weight is 519 g/mol. The molecule has 0 unspecified atom stereocenters. The fourth-order valence-corrected chi connectivity index (χ4v) is 5.68. The number of hydrogen-bond donors (Lipinski definition) is 3. The van der Waals surface area contributed by atoms with Crippen LogP contribution in [0.5, 0.6) is 5.88 Å². The number of H-pyrrole nitrogens is 1. The number of sulfonamides is 1. The summed E-state index contributed by atoms with van der Waals surface area (Å²) in [5.74, 6) is -0.766. The molecule has 0 bridgehead atoms. The molecule has 0 saturated carbocycles. The number of carbonyl (C=O) groups is 1. The summed E-state index contributed by atoms with van der Waals surface area (Å²) >= 11 is 0. The van der Waals surface area contributed by atoms with Crippen LogP contribution in [0.3, 0.4) is 0 Å². The Morgan fingerprint density at radius 2 is 1.57 bits per heavy atom. The maximum absolute atomic E-state index is 13.2. The number of nitrogens with zero attached hydrogens (tertiary/aromatic N) is 2. The fourth-order valence-electron chi connectivity index (χ4n) is 4.12. The van der Waals surface area contributed by atoms with Crippen LogP contribution in [0.25, 0.3) is 10.9 Å². The molecule has 1 aromatic heterocycles. The SMILES string of the molecule is CC(C)S(=O)(=O)N(c1ccc(N=C(c2ccccc2)c2c(O)[nH]c3ccccc23)cc1)C(C)(C)C(N)=O. The second-order valence-corrected chi connectivity index (χ2v) is 11.9. The smallest absolute Gasteiger partial charge is 0.243 e. The second-order valence-electron chi connectivity index (χ2n) is 9.52. The number of benzene rings is 3. The Hall–Kier alpha value is -4.11. The summed E-state index contributed by atoms with van der Waals surface area (Å²) < 4.78 is 27.5. The Labute approximate surface area is 216 Å². The molecule has 0 aliphatic rings. The van der Waals surface area contributed by atoms with E-state index >= 15 is 0 Å². The Bertz CT molecular complexity index is 1570. The first-order valence-corrected chi connectivity index (χ1v) is 13.3. The zero-order valence-electron chi connectivity index (χ0n) is 21.1. The van der Waals surface area contributed by atoms with Gasteiger partial charge >= 0.3 is 0 Å². The molecule has 8 nitrogen and oxygen atoms in total. The molecule has 0 radical (unpaired) electrons. The van der Waals surface area contributed by atoms with Crippen LogP contribution in [0, 0.1) is 0 Å². The van der Waals surface area contributed by atoms with Gasteiger partial charge in [0.25, 0.3) is 0 Å². The van der Waals surface area contributed by atoms with Gasteiger partial charge in [0.05, 0.1) is 27.9 Å². The van der Waals surface area contributed by atoms with E-state index in [1.54, 1.807) is 38.1 Å². The lowest BCUT2D eigenvalue weighted by molar-refractivity contribution is -0.121. The number of nitrogens with two attached hydrogens (primary N) is 1. The van der Waals surface area contributed by atoms with Crippen molar-refractivity contribution < 1.29 is 18.3 Å². The number of aromatic hydroxyl groups is 1. The molecule has 0 atom stereocenters. The van der Waals surface area contributed by atoms with Gasteiger partial charge in [-0.15, -0.1) is 0 Å². The number of aromatic nitrogens is 1. The normalized spacial score (nSPS) is 12.7. The minimum atomic E-state index is -3.88. The third kappa shape index (κ3) is 4.82. The molecular formula is C28H30N4O4S. The summed E-state index contributed by atoms with van der Waals surface area (Å²) in [5, 5.41) is 10.8. The van der Waals surface area contributed by atoms with Gasteiger partial charge in [0.15, 0.2) is 5.88 Å². The minimum Gasteiger partial charge on any atom is -0.494 e. The molecule has 9 heteroatoms. The predicted octanol–water partition coefficient (Wildman–Crippen LogP) is 4.85. The van der Waals surface area contributed by atoms with Gasteiger partial charge < -0.3 is 15.8 Å². The van der Waals surface area contributed by atoms with Crippen molar-refractivity contribution >= 4 is 43.9 Å².